The van der Waals surface area contributed by atoms with Gasteiger partial charge in [-0.05, 0) is 39.7 Å². The number of furan rings is 1. The zero-order chi connectivity index (χ0) is 11.8. The van der Waals surface area contributed by atoms with Gasteiger partial charge in [-0.1, -0.05) is 12.1 Å². The van der Waals surface area contributed by atoms with Gasteiger partial charge in [0, 0.05) is 5.56 Å². The van der Waals surface area contributed by atoms with Crippen LogP contribution in [0, 0.1) is 0 Å². The van der Waals surface area contributed by atoms with Crippen molar-refractivity contribution in [2.24, 2.45) is 0 Å². The van der Waals surface area contributed by atoms with E-state index in [0.29, 0.717) is 15.8 Å². The van der Waals surface area contributed by atoms with Gasteiger partial charge in [0.1, 0.15) is 0 Å². The monoisotopic (exact) mass is 290 g/mol. The fourth-order valence-corrected chi connectivity index (χ4v) is 1.68. The number of benzene rings is 1. The SMILES string of the molecule is FC(F)(F)c1cccc(-c2coc(Br)c2)c1. The lowest BCUT2D eigenvalue weighted by molar-refractivity contribution is -0.137. The van der Waals surface area contributed by atoms with Crippen molar-refractivity contribution in [3.05, 3.63) is 46.8 Å². The van der Waals surface area contributed by atoms with E-state index in [1.165, 1.54) is 12.3 Å². The number of alkyl halides is 3. The summed E-state index contributed by atoms with van der Waals surface area (Å²) in [5, 5.41) is 0. The van der Waals surface area contributed by atoms with Crippen LogP contribution in [-0.2, 0) is 6.18 Å². The van der Waals surface area contributed by atoms with Crippen molar-refractivity contribution in [1.82, 2.24) is 0 Å². The standard InChI is InChI=1S/C11H6BrF3O/c12-10-5-8(6-16-10)7-2-1-3-9(4-7)11(13,14)15/h1-6H. The Hall–Kier alpha value is -1.23. The fourth-order valence-electron chi connectivity index (χ4n) is 1.34. The molecule has 2 aromatic rings. The third-order valence-corrected chi connectivity index (χ3v) is 2.51. The number of rotatable bonds is 1. The Kier molecular flexibility index (Phi) is 2.80. The van der Waals surface area contributed by atoms with Crippen LogP contribution < -0.4 is 0 Å². The number of hydrogen-bond donors (Lipinski definition) is 0. The molecule has 5 heteroatoms. The van der Waals surface area contributed by atoms with Crippen LogP contribution >= 0.6 is 15.9 Å². The van der Waals surface area contributed by atoms with Crippen LogP contribution in [0.1, 0.15) is 5.56 Å². The Labute approximate surface area is 98.0 Å². The average Bonchev–Trinajstić information content (AvgIpc) is 2.64. The minimum absolute atomic E-state index is 0.476. The quantitative estimate of drug-likeness (QED) is 0.740. The first-order valence-corrected chi connectivity index (χ1v) is 5.18. The topological polar surface area (TPSA) is 13.1 Å². The maximum atomic E-state index is 12.5. The predicted octanol–water partition coefficient (Wildman–Crippen LogP) is 4.73. The van der Waals surface area contributed by atoms with Crippen molar-refractivity contribution in [2.45, 2.75) is 6.18 Å². The van der Waals surface area contributed by atoms with Crippen LogP contribution in [0.25, 0.3) is 11.1 Å². The first kappa shape index (κ1) is 11.3. The molecule has 1 nitrogen and oxygen atoms in total. The van der Waals surface area contributed by atoms with Gasteiger partial charge in [0.15, 0.2) is 4.67 Å². The van der Waals surface area contributed by atoms with E-state index in [1.54, 1.807) is 12.1 Å². The minimum Gasteiger partial charge on any atom is -0.457 e. The van der Waals surface area contributed by atoms with Crippen molar-refractivity contribution < 1.29 is 17.6 Å². The van der Waals surface area contributed by atoms with E-state index in [1.807, 2.05) is 0 Å². The number of halogens is 4. The van der Waals surface area contributed by atoms with Gasteiger partial charge in [-0.2, -0.15) is 13.2 Å². The van der Waals surface area contributed by atoms with Gasteiger partial charge in [0.05, 0.1) is 11.8 Å². The smallest absolute Gasteiger partial charge is 0.416 e. The lowest BCUT2D eigenvalue weighted by Crippen LogP contribution is -2.04. The molecule has 0 aliphatic heterocycles. The molecule has 1 aromatic carbocycles. The van der Waals surface area contributed by atoms with Gasteiger partial charge in [0.25, 0.3) is 0 Å². The summed E-state index contributed by atoms with van der Waals surface area (Å²) in [7, 11) is 0. The van der Waals surface area contributed by atoms with Crippen molar-refractivity contribution in [2.75, 3.05) is 0 Å². The predicted molar refractivity (Wildman–Crippen MR) is 56.8 cm³/mol. The summed E-state index contributed by atoms with van der Waals surface area (Å²) in [6, 6.07) is 6.73. The lowest BCUT2D eigenvalue weighted by Gasteiger charge is -2.07. The lowest BCUT2D eigenvalue weighted by atomic mass is 10.1. The molecule has 1 heterocycles. The molecular weight excluding hydrogens is 285 g/mol. The highest BCUT2D eigenvalue weighted by atomic mass is 79.9. The summed E-state index contributed by atoms with van der Waals surface area (Å²) in [4.78, 5) is 0. The van der Waals surface area contributed by atoms with Crippen molar-refractivity contribution in [3.8, 4) is 11.1 Å². The Morgan fingerprint density at radius 1 is 1.06 bits per heavy atom. The van der Waals surface area contributed by atoms with E-state index in [-0.39, 0.29) is 0 Å². The van der Waals surface area contributed by atoms with E-state index in [4.69, 9.17) is 4.42 Å². The zero-order valence-electron chi connectivity index (χ0n) is 7.88. The van der Waals surface area contributed by atoms with Crippen LogP contribution in [0.15, 0.2) is 45.7 Å². The van der Waals surface area contributed by atoms with Gasteiger partial charge < -0.3 is 4.42 Å². The van der Waals surface area contributed by atoms with Crippen LogP contribution in [0.4, 0.5) is 13.2 Å². The van der Waals surface area contributed by atoms with E-state index in [9.17, 15) is 13.2 Å². The van der Waals surface area contributed by atoms with E-state index < -0.39 is 11.7 Å². The van der Waals surface area contributed by atoms with Crippen LogP contribution in [0.3, 0.4) is 0 Å². The highest BCUT2D eigenvalue weighted by molar-refractivity contribution is 9.10. The second kappa shape index (κ2) is 3.97. The Morgan fingerprint density at radius 3 is 2.38 bits per heavy atom. The maximum absolute atomic E-state index is 12.5. The molecule has 0 N–H and O–H groups in total. The molecule has 0 saturated carbocycles. The molecule has 0 radical (unpaired) electrons. The molecule has 0 aliphatic rings. The third-order valence-electron chi connectivity index (χ3n) is 2.09. The number of hydrogen-bond acceptors (Lipinski definition) is 1. The summed E-state index contributed by atoms with van der Waals surface area (Å²) in [6.45, 7) is 0. The maximum Gasteiger partial charge on any atom is 0.416 e. The summed E-state index contributed by atoms with van der Waals surface area (Å²) < 4.78 is 42.8. The summed E-state index contributed by atoms with van der Waals surface area (Å²) in [6.07, 6.45) is -2.92. The van der Waals surface area contributed by atoms with Crippen molar-refractivity contribution >= 4 is 15.9 Å². The molecule has 0 amide bonds. The summed E-state index contributed by atoms with van der Waals surface area (Å²) in [5.41, 5.74) is 0.421. The highest BCUT2D eigenvalue weighted by Gasteiger charge is 2.30. The average molecular weight is 291 g/mol. The van der Waals surface area contributed by atoms with Crippen molar-refractivity contribution in [3.63, 3.8) is 0 Å². The molecule has 0 saturated heterocycles. The van der Waals surface area contributed by atoms with Gasteiger partial charge in [-0.3, -0.25) is 0 Å². The van der Waals surface area contributed by atoms with Crippen LogP contribution in [0.5, 0.6) is 0 Å². The van der Waals surface area contributed by atoms with Crippen LogP contribution in [0.2, 0.25) is 0 Å². The molecule has 1 aromatic heterocycles. The largest absolute Gasteiger partial charge is 0.457 e. The molecule has 2 rings (SSSR count). The first-order valence-electron chi connectivity index (χ1n) is 4.38. The molecule has 84 valence electrons. The molecule has 0 atom stereocenters. The van der Waals surface area contributed by atoms with Gasteiger partial charge >= 0.3 is 6.18 Å². The zero-order valence-corrected chi connectivity index (χ0v) is 9.47. The summed E-state index contributed by atoms with van der Waals surface area (Å²) >= 11 is 3.10. The van der Waals surface area contributed by atoms with Crippen molar-refractivity contribution in [1.29, 1.82) is 0 Å². The normalized spacial score (nSPS) is 11.8. The second-order valence-corrected chi connectivity index (χ2v) is 4.00. The van der Waals surface area contributed by atoms with Gasteiger partial charge in [-0.25, -0.2) is 0 Å². The molecular formula is C11H6BrF3O. The molecule has 0 unspecified atom stereocenters. The van der Waals surface area contributed by atoms with E-state index in [0.717, 1.165) is 12.1 Å². The molecule has 0 fully saturated rings. The first-order chi connectivity index (χ1) is 7.47. The van der Waals surface area contributed by atoms with Crippen LogP contribution in [-0.4, -0.2) is 0 Å². The Bertz CT molecular complexity index is 502. The third kappa shape index (κ3) is 2.29. The van der Waals surface area contributed by atoms with E-state index in [2.05, 4.69) is 15.9 Å². The molecule has 0 bridgehead atoms. The molecule has 0 spiro atoms. The molecule has 16 heavy (non-hydrogen) atoms. The summed E-state index contributed by atoms with van der Waals surface area (Å²) in [5.74, 6) is 0. The fraction of sp³-hybridized carbons (Fsp3) is 0.0909. The van der Waals surface area contributed by atoms with Gasteiger partial charge in [-0.15, -0.1) is 0 Å². The molecule has 0 aliphatic carbocycles. The second-order valence-electron chi connectivity index (χ2n) is 3.22. The Morgan fingerprint density at radius 2 is 1.81 bits per heavy atom. The van der Waals surface area contributed by atoms with E-state index >= 15 is 0 Å². The minimum atomic E-state index is -4.32. The highest BCUT2D eigenvalue weighted by Crippen LogP contribution is 2.33. The van der Waals surface area contributed by atoms with Gasteiger partial charge in [0.2, 0.25) is 0 Å². The Balaban J connectivity index is 2.44.